The predicted molar refractivity (Wildman–Crippen MR) is 87.0 cm³/mol. The van der Waals surface area contributed by atoms with Crippen molar-refractivity contribution in [3.05, 3.63) is 35.9 Å². The van der Waals surface area contributed by atoms with Crippen molar-refractivity contribution in [2.24, 2.45) is 0 Å². The molecule has 1 fully saturated rings. The SMILES string of the molecule is CO[C@@H]1[C@@H](OC)[C@@H](O)O[C@H](CI)[C@H]1OC(=O)c1ccccc1. The summed E-state index contributed by atoms with van der Waals surface area (Å²) in [6, 6.07) is 8.70. The zero-order valence-corrected chi connectivity index (χ0v) is 14.5. The molecule has 2 rings (SSSR count). The van der Waals surface area contributed by atoms with Crippen molar-refractivity contribution in [1.29, 1.82) is 0 Å². The van der Waals surface area contributed by atoms with Crippen LogP contribution in [-0.2, 0) is 18.9 Å². The highest BCUT2D eigenvalue weighted by Gasteiger charge is 2.47. The standard InChI is InChI=1S/C15H19IO6/c1-19-12-11(10(8-16)21-15(18)13(12)20-2)22-14(17)9-6-4-3-5-7-9/h3-7,10-13,15,18H,8H2,1-2H3/t10-,11-,12+,13-,15+/m1/s1. The number of hydrogen-bond acceptors (Lipinski definition) is 6. The van der Waals surface area contributed by atoms with Gasteiger partial charge in [0, 0.05) is 18.6 Å². The average Bonchev–Trinajstić information content (AvgIpc) is 2.56. The Morgan fingerprint density at radius 1 is 1.18 bits per heavy atom. The molecule has 0 spiro atoms. The number of ether oxygens (including phenoxy) is 4. The Kier molecular flexibility index (Phi) is 6.57. The lowest BCUT2D eigenvalue weighted by atomic mass is 9.99. The maximum Gasteiger partial charge on any atom is 0.338 e. The van der Waals surface area contributed by atoms with Gasteiger partial charge in [0.25, 0.3) is 0 Å². The van der Waals surface area contributed by atoms with Gasteiger partial charge in [-0.25, -0.2) is 4.79 Å². The summed E-state index contributed by atoms with van der Waals surface area (Å²) in [6.45, 7) is 0. The van der Waals surface area contributed by atoms with Crippen LogP contribution < -0.4 is 0 Å². The number of esters is 1. The zero-order chi connectivity index (χ0) is 16.1. The van der Waals surface area contributed by atoms with Crippen LogP contribution >= 0.6 is 22.6 Å². The number of alkyl halides is 1. The summed E-state index contributed by atoms with van der Waals surface area (Å²) in [5.74, 6) is -0.461. The first-order valence-corrected chi connectivity index (χ1v) is 8.36. The molecule has 0 saturated carbocycles. The van der Waals surface area contributed by atoms with Crippen LogP contribution in [-0.4, -0.2) is 60.4 Å². The summed E-state index contributed by atoms with van der Waals surface area (Å²) in [5.41, 5.74) is 0.449. The van der Waals surface area contributed by atoms with Crippen molar-refractivity contribution in [1.82, 2.24) is 0 Å². The molecule has 0 aliphatic carbocycles. The Balaban J connectivity index is 2.19. The third-order valence-corrected chi connectivity index (χ3v) is 4.43. The zero-order valence-electron chi connectivity index (χ0n) is 12.3. The van der Waals surface area contributed by atoms with E-state index in [0.717, 1.165) is 0 Å². The molecule has 1 aliphatic heterocycles. The average molecular weight is 422 g/mol. The number of aliphatic hydroxyl groups is 1. The van der Waals surface area contributed by atoms with Gasteiger partial charge in [-0.15, -0.1) is 0 Å². The number of rotatable bonds is 5. The second-order valence-electron chi connectivity index (χ2n) is 4.86. The smallest absolute Gasteiger partial charge is 0.338 e. The third-order valence-electron chi connectivity index (χ3n) is 3.56. The molecule has 0 unspecified atom stereocenters. The van der Waals surface area contributed by atoms with E-state index in [4.69, 9.17) is 18.9 Å². The van der Waals surface area contributed by atoms with Crippen LogP contribution in [0, 0.1) is 0 Å². The Bertz CT molecular complexity index is 482. The highest BCUT2D eigenvalue weighted by molar-refractivity contribution is 14.1. The van der Waals surface area contributed by atoms with Crippen molar-refractivity contribution < 1.29 is 28.8 Å². The first kappa shape index (κ1) is 17.6. The van der Waals surface area contributed by atoms with Crippen molar-refractivity contribution >= 4 is 28.6 Å². The van der Waals surface area contributed by atoms with Crippen LogP contribution in [0.1, 0.15) is 10.4 Å². The Morgan fingerprint density at radius 2 is 1.82 bits per heavy atom. The minimum absolute atomic E-state index is 0.449. The van der Waals surface area contributed by atoms with Crippen molar-refractivity contribution in [2.75, 3.05) is 18.6 Å². The number of benzene rings is 1. The van der Waals surface area contributed by atoms with Gasteiger partial charge in [-0.05, 0) is 12.1 Å². The van der Waals surface area contributed by atoms with Gasteiger partial charge in [-0.1, -0.05) is 40.8 Å². The maximum absolute atomic E-state index is 12.3. The molecule has 6 nitrogen and oxygen atoms in total. The lowest BCUT2D eigenvalue weighted by Crippen LogP contribution is -2.60. The van der Waals surface area contributed by atoms with E-state index in [-0.39, 0.29) is 0 Å². The number of carbonyl (C=O) groups is 1. The molecular weight excluding hydrogens is 403 g/mol. The summed E-state index contributed by atoms with van der Waals surface area (Å²) in [4.78, 5) is 12.3. The molecule has 122 valence electrons. The van der Waals surface area contributed by atoms with Crippen LogP contribution in [0.25, 0.3) is 0 Å². The molecule has 0 aromatic heterocycles. The van der Waals surface area contributed by atoms with Crippen LogP contribution in [0.3, 0.4) is 0 Å². The first-order chi connectivity index (χ1) is 10.6. The van der Waals surface area contributed by atoms with E-state index in [1.807, 2.05) is 6.07 Å². The quantitative estimate of drug-likeness (QED) is 0.440. The van der Waals surface area contributed by atoms with E-state index < -0.39 is 36.7 Å². The van der Waals surface area contributed by atoms with Crippen molar-refractivity contribution in [3.8, 4) is 0 Å². The van der Waals surface area contributed by atoms with E-state index in [2.05, 4.69) is 22.6 Å². The van der Waals surface area contributed by atoms with Gasteiger partial charge in [0.05, 0.1) is 5.56 Å². The van der Waals surface area contributed by atoms with Crippen LogP contribution in [0.2, 0.25) is 0 Å². The predicted octanol–water partition coefficient (Wildman–Crippen LogP) is 1.39. The molecule has 1 aliphatic rings. The maximum atomic E-state index is 12.3. The second-order valence-corrected chi connectivity index (χ2v) is 5.74. The number of methoxy groups -OCH3 is 2. The molecular formula is C15H19IO6. The Labute approximate surface area is 142 Å². The summed E-state index contributed by atoms with van der Waals surface area (Å²) >= 11 is 2.12. The van der Waals surface area contributed by atoms with Gasteiger partial charge in [-0.3, -0.25) is 0 Å². The molecule has 1 saturated heterocycles. The van der Waals surface area contributed by atoms with E-state index in [1.54, 1.807) is 24.3 Å². The fraction of sp³-hybridized carbons (Fsp3) is 0.533. The van der Waals surface area contributed by atoms with Crippen LogP contribution in [0.5, 0.6) is 0 Å². The van der Waals surface area contributed by atoms with Gasteiger partial charge >= 0.3 is 5.97 Å². The third kappa shape index (κ3) is 3.77. The Morgan fingerprint density at radius 3 is 2.36 bits per heavy atom. The van der Waals surface area contributed by atoms with E-state index in [1.165, 1.54) is 14.2 Å². The summed E-state index contributed by atoms with van der Waals surface area (Å²) in [6.07, 6.45) is -3.59. The summed E-state index contributed by atoms with van der Waals surface area (Å²) in [5, 5.41) is 9.97. The van der Waals surface area contributed by atoms with E-state index >= 15 is 0 Å². The molecule has 1 aromatic rings. The molecule has 0 amide bonds. The van der Waals surface area contributed by atoms with Gasteiger partial charge < -0.3 is 24.1 Å². The van der Waals surface area contributed by atoms with Gasteiger partial charge in [0.15, 0.2) is 12.4 Å². The molecule has 7 heteroatoms. The van der Waals surface area contributed by atoms with E-state index in [9.17, 15) is 9.90 Å². The highest BCUT2D eigenvalue weighted by Crippen LogP contribution is 2.28. The minimum atomic E-state index is -1.12. The minimum Gasteiger partial charge on any atom is -0.453 e. The number of carbonyl (C=O) groups excluding carboxylic acids is 1. The highest BCUT2D eigenvalue weighted by atomic mass is 127. The molecule has 0 radical (unpaired) electrons. The molecule has 1 heterocycles. The van der Waals surface area contributed by atoms with Crippen LogP contribution in [0.15, 0.2) is 30.3 Å². The van der Waals surface area contributed by atoms with Gasteiger partial charge in [-0.2, -0.15) is 0 Å². The largest absolute Gasteiger partial charge is 0.453 e. The molecule has 5 atom stereocenters. The fourth-order valence-electron chi connectivity index (χ4n) is 2.45. The molecule has 22 heavy (non-hydrogen) atoms. The van der Waals surface area contributed by atoms with Gasteiger partial charge in [0.2, 0.25) is 0 Å². The van der Waals surface area contributed by atoms with Crippen LogP contribution in [0.4, 0.5) is 0 Å². The monoisotopic (exact) mass is 422 g/mol. The van der Waals surface area contributed by atoms with Gasteiger partial charge in [0.1, 0.15) is 18.3 Å². The lowest BCUT2D eigenvalue weighted by molar-refractivity contribution is -0.285. The molecule has 1 N–H and O–H groups in total. The topological polar surface area (TPSA) is 74.2 Å². The normalized spacial score (nSPS) is 31.7. The fourth-order valence-corrected chi connectivity index (χ4v) is 3.16. The molecule has 1 aromatic carbocycles. The number of halogens is 1. The Hall–Kier alpha value is -0.740. The van der Waals surface area contributed by atoms with E-state index in [0.29, 0.717) is 9.99 Å². The van der Waals surface area contributed by atoms with Crippen molar-refractivity contribution in [3.63, 3.8) is 0 Å². The second kappa shape index (κ2) is 8.21. The summed E-state index contributed by atoms with van der Waals surface area (Å²) in [7, 11) is 2.94. The number of hydrogen-bond donors (Lipinski definition) is 1. The first-order valence-electron chi connectivity index (χ1n) is 6.83. The summed E-state index contributed by atoms with van der Waals surface area (Å²) < 4.78 is 22.2. The lowest BCUT2D eigenvalue weighted by Gasteiger charge is -2.42. The number of aliphatic hydroxyl groups excluding tert-OH is 1. The molecule has 0 bridgehead atoms. The van der Waals surface area contributed by atoms with Crippen molar-refractivity contribution in [2.45, 2.75) is 30.7 Å².